The Hall–Kier alpha value is -4.26. The number of rotatable bonds is 6. The Morgan fingerprint density at radius 3 is 2.61 bits per heavy atom. The molecule has 0 bridgehead atoms. The molecular weight excluding hydrogens is 535 g/mol. The Bertz CT molecular complexity index is 1790. The number of aromatic nitrogens is 8. The number of halogens is 3. The second-order valence-electron chi connectivity index (χ2n) is 11.0. The molecule has 1 aliphatic carbocycles. The van der Waals surface area contributed by atoms with Crippen LogP contribution in [0.25, 0.3) is 11.2 Å². The number of benzene rings is 1. The van der Waals surface area contributed by atoms with E-state index in [0.717, 1.165) is 46.9 Å². The summed E-state index contributed by atoms with van der Waals surface area (Å²) in [5.74, 6) is 1.97. The van der Waals surface area contributed by atoms with Crippen molar-refractivity contribution in [3.8, 4) is 5.69 Å². The fourth-order valence-electron chi connectivity index (χ4n) is 6.10. The highest BCUT2D eigenvalue weighted by molar-refractivity contribution is 5.58. The summed E-state index contributed by atoms with van der Waals surface area (Å²) in [6.07, 6.45) is 4.76. The Morgan fingerprint density at radius 2 is 1.88 bits per heavy atom. The van der Waals surface area contributed by atoms with E-state index < -0.39 is 17.4 Å². The largest absolute Gasteiger partial charge is 0.418 e. The predicted octanol–water partition coefficient (Wildman–Crippen LogP) is 3.78. The van der Waals surface area contributed by atoms with Crippen LogP contribution in [0, 0.1) is 5.92 Å². The smallest absolute Gasteiger partial charge is 0.320 e. The van der Waals surface area contributed by atoms with Gasteiger partial charge in [0.2, 0.25) is 0 Å². The van der Waals surface area contributed by atoms with E-state index >= 15 is 0 Å². The van der Waals surface area contributed by atoms with Crippen molar-refractivity contribution in [2.45, 2.75) is 51.0 Å². The van der Waals surface area contributed by atoms with Gasteiger partial charge in [0.1, 0.15) is 24.3 Å². The van der Waals surface area contributed by atoms with Gasteiger partial charge in [-0.1, -0.05) is 18.6 Å². The van der Waals surface area contributed by atoms with E-state index in [9.17, 15) is 18.0 Å². The third-order valence-electron chi connectivity index (χ3n) is 8.41. The van der Waals surface area contributed by atoms with Crippen LogP contribution in [-0.2, 0) is 32.9 Å². The molecule has 4 aromatic heterocycles. The van der Waals surface area contributed by atoms with Crippen molar-refractivity contribution in [2.75, 3.05) is 6.54 Å². The molecule has 0 N–H and O–H groups in total. The SMILES string of the molecule is Cn1cnnc1[C@@H](c1cccc(-n2cc3c(C(F)(F)F)cc(CN4CCn5cnnc5C4)cn3c2=O)c1)C1CCC1. The van der Waals surface area contributed by atoms with Crippen LogP contribution in [0.4, 0.5) is 13.2 Å². The van der Waals surface area contributed by atoms with Crippen LogP contribution in [-0.4, -0.2) is 49.9 Å². The minimum Gasteiger partial charge on any atom is -0.320 e. The number of hydrogen-bond donors (Lipinski definition) is 0. The average Bonchev–Trinajstić information content (AvgIpc) is 3.64. The molecular formula is C28H28F3N9O. The number of pyridine rings is 1. The van der Waals surface area contributed by atoms with Gasteiger partial charge in [0, 0.05) is 45.0 Å². The first-order chi connectivity index (χ1) is 19.8. The van der Waals surface area contributed by atoms with Crippen LogP contribution in [0.5, 0.6) is 0 Å². The maximum absolute atomic E-state index is 14.3. The van der Waals surface area contributed by atoms with Gasteiger partial charge in [-0.15, -0.1) is 20.4 Å². The van der Waals surface area contributed by atoms with E-state index in [1.165, 1.54) is 17.0 Å². The van der Waals surface area contributed by atoms with E-state index in [1.807, 2.05) is 39.3 Å². The van der Waals surface area contributed by atoms with E-state index in [0.29, 0.717) is 36.8 Å². The monoisotopic (exact) mass is 563 g/mol. The number of imidazole rings is 1. The molecule has 1 aliphatic heterocycles. The van der Waals surface area contributed by atoms with Crippen LogP contribution >= 0.6 is 0 Å². The molecule has 13 heteroatoms. The molecule has 2 aliphatic rings. The Labute approximate surface area is 232 Å². The lowest BCUT2D eigenvalue weighted by Gasteiger charge is -2.33. The third-order valence-corrected chi connectivity index (χ3v) is 8.41. The summed E-state index contributed by atoms with van der Waals surface area (Å²) in [4.78, 5) is 15.6. The standard InChI is InChI=1S/C28H28F3N9O/c1-36-16-32-35-26(36)25(19-4-2-5-19)20-6-3-7-21(11-20)39-14-23-22(28(29,30)31)10-18(13-40(23)27(39)41)12-37-8-9-38-17-33-34-24(38)15-37/h3,6-7,10-11,13-14,16-17,19,25H,2,4-5,8-9,12,15H2,1H3/t25-/m1/s1. The highest BCUT2D eigenvalue weighted by Crippen LogP contribution is 2.43. The zero-order chi connectivity index (χ0) is 28.3. The summed E-state index contributed by atoms with van der Waals surface area (Å²) in [6, 6.07) is 8.61. The second-order valence-corrected chi connectivity index (χ2v) is 11.0. The minimum absolute atomic E-state index is 0.0170. The normalized spacial score (nSPS) is 17.1. The number of nitrogens with zero attached hydrogens (tertiary/aromatic N) is 9. The van der Waals surface area contributed by atoms with Crippen molar-refractivity contribution in [3.05, 3.63) is 94.2 Å². The molecule has 1 aromatic carbocycles. The van der Waals surface area contributed by atoms with Gasteiger partial charge in [0.05, 0.1) is 23.3 Å². The van der Waals surface area contributed by atoms with Crippen LogP contribution in [0.3, 0.4) is 0 Å². The molecule has 1 fully saturated rings. The Kier molecular flexibility index (Phi) is 6.07. The molecule has 0 amide bonds. The summed E-state index contributed by atoms with van der Waals surface area (Å²) in [6.45, 7) is 2.01. The first-order valence-corrected chi connectivity index (χ1v) is 13.6. The zero-order valence-electron chi connectivity index (χ0n) is 22.4. The van der Waals surface area contributed by atoms with Gasteiger partial charge in [-0.05, 0) is 48.1 Å². The zero-order valence-corrected chi connectivity index (χ0v) is 22.4. The molecule has 1 atom stereocenters. The minimum atomic E-state index is -4.63. The van der Waals surface area contributed by atoms with E-state index in [2.05, 4.69) is 20.4 Å². The van der Waals surface area contributed by atoms with Crippen molar-refractivity contribution < 1.29 is 13.2 Å². The van der Waals surface area contributed by atoms with Gasteiger partial charge in [-0.25, -0.2) is 4.79 Å². The van der Waals surface area contributed by atoms with Gasteiger partial charge in [0.25, 0.3) is 0 Å². The van der Waals surface area contributed by atoms with Crippen LogP contribution < -0.4 is 5.69 Å². The molecule has 1 saturated carbocycles. The Balaban J connectivity index is 1.28. The molecule has 0 radical (unpaired) electrons. The van der Waals surface area contributed by atoms with Gasteiger partial charge < -0.3 is 9.13 Å². The number of aryl methyl sites for hydroxylation is 1. The fourth-order valence-corrected chi connectivity index (χ4v) is 6.10. The summed E-state index contributed by atoms with van der Waals surface area (Å²) in [5.41, 5.74) is 0.292. The third kappa shape index (κ3) is 4.53. The van der Waals surface area contributed by atoms with Crippen LogP contribution in [0.1, 0.15) is 53.5 Å². The lowest BCUT2D eigenvalue weighted by molar-refractivity contribution is -0.136. The molecule has 5 aromatic rings. The topological polar surface area (TPSA) is 91.1 Å². The molecule has 41 heavy (non-hydrogen) atoms. The summed E-state index contributed by atoms with van der Waals surface area (Å²) in [5, 5.41) is 16.4. The number of alkyl halides is 3. The second kappa shape index (κ2) is 9.68. The van der Waals surface area contributed by atoms with Gasteiger partial charge in [-0.3, -0.25) is 13.9 Å². The summed E-state index contributed by atoms with van der Waals surface area (Å²) < 4.78 is 49.1. The van der Waals surface area contributed by atoms with Gasteiger partial charge >= 0.3 is 11.9 Å². The molecule has 7 rings (SSSR count). The number of hydrogen-bond acceptors (Lipinski definition) is 6. The molecule has 5 heterocycles. The molecule has 10 nitrogen and oxygen atoms in total. The highest BCUT2D eigenvalue weighted by atomic mass is 19.4. The van der Waals surface area contributed by atoms with Crippen LogP contribution in [0.2, 0.25) is 0 Å². The van der Waals surface area contributed by atoms with Crippen LogP contribution in [0.15, 0.2) is 60.2 Å². The first kappa shape index (κ1) is 25.7. The molecule has 0 spiro atoms. The predicted molar refractivity (Wildman–Crippen MR) is 142 cm³/mol. The maximum atomic E-state index is 14.3. The quantitative estimate of drug-likeness (QED) is 0.313. The van der Waals surface area contributed by atoms with Crippen molar-refractivity contribution in [1.82, 2.24) is 43.4 Å². The first-order valence-electron chi connectivity index (χ1n) is 13.6. The van der Waals surface area contributed by atoms with E-state index in [1.54, 1.807) is 18.7 Å². The van der Waals surface area contributed by atoms with Crippen molar-refractivity contribution in [3.63, 3.8) is 0 Å². The molecule has 0 saturated heterocycles. The maximum Gasteiger partial charge on any atom is 0.418 e. The molecule has 0 unspecified atom stereocenters. The van der Waals surface area contributed by atoms with Gasteiger partial charge in [-0.2, -0.15) is 13.2 Å². The van der Waals surface area contributed by atoms with Crippen molar-refractivity contribution in [2.24, 2.45) is 13.0 Å². The Morgan fingerprint density at radius 1 is 1.05 bits per heavy atom. The number of fused-ring (bicyclic) bond motifs is 2. The van der Waals surface area contributed by atoms with Crippen molar-refractivity contribution in [1.29, 1.82) is 0 Å². The molecule has 212 valence electrons. The lowest BCUT2D eigenvalue weighted by atomic mass is 9.72. The average molecular weight is 564 g/mol. The fraction of sp³-hybridized carbons (Fsp3) is 0.393. The van der Waals surface area contributed by atoms with Crippen molar-refractivity contribution >= 4 is 5.52 Å². The lowest BCUT2D eigenvalue weighted by Crippen LogP contribution is -2.33. The van der Waals surface area contributed by atoms with E-state index in [4.69, 9.17) is 0 Å². The summed E-state index contributed by atoms with van der Waals surface area (Å²) >= 11 is 0. The van der Waals surface area contributed by atoms with E-state index in [-0.39, 0.29) is 18.0 Å². The highest BCUT2D eigenvalue weighted by Gasteiger charge is 2.35. The summed E-state index contributed by atoms with van der Waals surface area (Å²) in [7, 11) is 1.90. The van der Waals surface area contributed by atoms with Gasteiger partial charge in [0.15, 0.2) is 0 Å².